The fourth-order valence-corrected chi connectivity index (χ4v) is 3.03. The van der Waals surface area contributed by atoms with E-state index in [4.69, 9.17) is 0 Å². The summed E-state index contributed by atoms with van der Waals surface area (Å²) < 4.78 is 0. The number of nitrogens with one attached hydrogen (secondary N) is 2. The molecule has 0 spiro atoms. The Morgan fingerprint density at radius 1 is 1.35 bits per heavy atom. The zero-order valence-corrected chi connectivity index (χ0v) is 14.9. The molecule has 1 saturated heterocycles. The Labute approximate surface area is 140 Å². The second-order valence-electron chi connectivity index (χ2n) is 7.07. The quantitative estimate of drug-likeness (QED) is 0.847. The minimum absolute atomic E-state index is 0.150. The van der Waals surface area contributed by atoms with Crippen molar-refractivity contribution < 1.29 is 4.79 Å². The highest BCUT2D eigenvalue weighted by Gasteiger charge is 2.24. The predicted octanol–water partition coefficient (Wildman–Crippen LogP) is 2.53. The minimum Gasteiger partial charge on any atom is -0.352 e. The van der Waals surface area contributed by atoms with E-state index in [9.17, 15) is 4.79 Å². The van der Waals surface area contributed by atoms with Crippen molar-refractivity contribution in [2.75, 3.05) is 13.6 Å². The molecule has 1 amide bonds. The van der Waals surface area contributed by atoms with Crippen molar-refractivity contribution in [3.63, 3.8) is 0 Å². The van der Waals surface area contributed by atoms with Crippen LogP contribution in [0.2, 0.25) is 0 Å². The number of carbonyl (C=O) groups excluding carboxylic acids is 1. The van der Waals surface area contributed by atoms with Crippen LogP contribution in [0.3, 0.4) is 0 Å². The molecule has 1 fully saturated rings. The van der Waals surface area contributed by atoms with E-state index in [0.29, 0.717) is 18.6 Å². The van der Waals surface area contributed by atoms with Crippen LogP contribution in [0.1, 0.15) is 44.7 Å². The Morgan fingerprint density at radius 3 is 2.70 bits per heavy atom. The van der Waals surface area contributed by atoms with Crippen LogP contribution >= 0.6 is 0 Å². The SMILES string of the molecule is CC(C)N(C)Cc1ccccc1CNC(=O)[C@H]1CCN[C@@H](C)C1. The van der Waals surface area contributed by atoms with E-state index in [2.05, 4.69) is 61.6 Å². The van der Waals surface area contributed by atoms with Gasteiger partial charge in [-0.3, -0.25) is 9.69 Å². The molecular weight excluding hydrogens is 286 g/mol. The van der Waals surface area contributed by atoms with Gasteiger partial charge in [-0.2, -0.15) is 0 Å². The summed E-state index contributed by atoms with van der Waals surface area (Å²) in [6.07, 6.45) is 1.87. The highest BCUT2D eigenvalue weighted by atomic mass is 16.1. The van der Waals surface area contributed by atoms with Crippen molar-refractivity contribution in [1.82, 2.24) is 15.5 Å². The van der Waals surface area contributed by atoms with Crippen molar-refractivity contribution in [3.8, 4) is 0 Å². The lowest BCUT2D eigenvalue weighted by molar-refractivity contribution is -0.126. The van der Waals surface area contributed by atoms with Gasteiger partial charge in [-0.1, -0.05) is 24.3 Å². The summed E-state index contributed by atoms with van der Waals surface area (Å²) in [6, 6.07) is 9.35. The van der Waals surface area contributed by atoms with Crippen molar-refractivity contribution in [1.29, 1.82) is 0 Å². The van der Waals surface area contributed by atoms with E-state index >= 15 is 0 Å². The smallest absolute Gasteiger partial charge is 0.223 e. The molecule has 4 nitrogen and oxygen atoms in total. The van der Waals surface area contributed by atoms with E-state index < -0.39 is 0 Å². The summed E-state index contributed by atoms with van der Waals surface area (Å²) in [4.78, 5) is 14.7. The Balaban J connectivity index is 1.93. The fraction of sp³-hybridized carbons (Fsp3) is 0.632. The first-order valence-electron chi connectivity index (χ1n) is 8.75. The average molecular weight is 317 g/mol. The van der Waals surface area contributed by atoms with Crippen LogP contribution in [0.25, 0.3) is 0 Å². The summed E-state index contributed by atoms with van der Waals surface area (Å²) >= 11 is 0. The average Bonchev–Trinajstić information content (AvgIpc) is 2.53. The largest absolute Gasteiger partial charge is 0.352 e. The summed E-state index contributed by atoms with van der Waals surface area (Å²) in [5.41, 5.74) is 2.51. The van der Waals surface area contributed by atoms with Crippen molar-refractivity contribution in [2.24, 2.45) is 5.92 Å². The van der Waals surface area contributed by atoms with E-state index in [1.54, 1.807) is 0 Å². The molecule has 0 bridgehead atoms. The monoisotopic (exact) mass is 317 g/mol. The number of benzene rings is 1. The Bertz CT molecular complexity index is 515. The first-order chi connectivity index (χ1) is 11.0. The van der Waals surface area contributed by atoms with Crippen molar-refractivity contribution in [2.45, 2.75) is 58.8 Å². The third-order valence-electron chi connectivity index (χ3n) is 4.87. The molecule has 4 heteroatoms. The van der Waals surface area contributed by atoms with Crippen LogP contribution < -0.4 is 10.6 Å². The van der Waals surface area contributed by atoms with Gasteiger partial charge in [-0.25, -0.2) is 0 Å². The molecule has 0 saturated carbocycles. The molecule has 2 rings (SSSR count). The maximum absolute atomic E-state index is 12.4. The second-order valence-corrected chi connectivity index (χ2v) is 7.07. The maximum atomic E-state index is 12.4. The third-order valence-corrected chi connectivity index (χ3v) is 4.87. The van der Waals surface area contributed by atoms with Gasteiger partial charge < -0.3 is 10.6 Å². The van der Waals surface area contributed by atoms with Gasteiger partial charge >= 0.3 is 0 Å². The first kappa shape index (κ1) is 18.0. The van der Waals surface area contributed by atoms with Gasteiger partial charge in [0.25, 0.3) is 0 Å². The summed E-state index contributed by atoms with van der Waals surface area (Å²) in [5.74, 6) is 0.349. The number of piperidine rings is 1. The number of hydrogen-bond acceptors (Lipinski definition) is 3. The van der Waals surface area contributed by atoms with Crippen LogP contribution in [0, 0.1) is 5.92 Å². The van der Waals surface area contributed by atoms with Gasteiger partial charge in [0.1, 0.15) is 0 Å². The minimum atomic E-state index is 0.150. The molecule has 1 aliphatic rings. The summed E-state index contributed by atoms with van der Waals surface area (Å²) in [7, 11) is 2.14. The lowest BCUT2D eigenvalue weighted by Gasteiger charge is -2.27. The molecule has 0 aromatic heterocycles. The molecule has 0 aliphatic carbocycles. The number of nitrogens with zero attached hydrogens (tertiary/aromatic N) is 1. The maximum Gasteiger partial charge on any atom is 0.223 e. The molecule has 1 heterocycles. The lowest BCUT2D eigenvalue weighted by Crippen LogP contribution is -2.42. The number of carbonyl (C=O) groups is 1. The molecule has 1 aromatic carbocycles. The lowest BCUT2D eigenvalue weighted by atomic mass is 9.92. The predicted molar refractivity (Wildman–Crippen MR) is 95.1 cm³/mol. The van der Waals surface area contributed by atoms with Crippen molar-refractivity contribution >= 4 is 5.91 Å². The molecule has 0 unspecified atom stereocenters. The normalized spacial score (nSPS) is 21.7. The number of rotatable bonds is 6. The highest BCUT2D eigenvalue weighted by Crippen LogP contribution is 2.17. The van der Waals surface area contributed by atoms with Gasteiger partial charge in [0.05, 0.1) is 0 Å². The Morgan fingerprint density at radius 2 is 2.04 bits per heavy atom. The molecular formula is C19H31N3O. The molecule has 0 radical (unpaired) electrons. The second kappa shape index (κ2) is 8.46. The van der Waals surface area contributed by atoms with Gasteiger partial charge in [0.15, 0.2) is 0 Å². The van der Waals surface area contributed by atoms with Gasteiger partial charge in [0, 0.05) is 31.1 Å². The summed E-state index contributed by atoms with van der Waals surface area (Å²) in [5, 5.41) is 6.54. The van der Waals surface area contributed by atoms with Crippen LogP contribution in [-0.4, -0.2) is 36.5 Å². The van der Waals surface area contributed by atoms with Gasteiger partial charge in [-0.15, -0.1) is 0 Å². The fourth-order valence-electron chi connectivity index (χ4n) is 3.03. The summed E-state index contributed by atoms with van der Waals surface area (Å²) in [6.45, 7) is 9.02. The first-order valence-corrected chi connectivity index (χ1v) is 8.75. The molecule has 23 heavy (non-hydrogen) atoms. The Hall–Kier alpha value is -1.39. The van der Waals surface area contributed by atoms with Crippen LogP contribution in [-0.2, 0) is 17.9 Å². The molecule has 1 aliphatic heterocycles. The standard InChI is InChI=1S/C19H31N3O/c1-14(2)22(4)13-18-8-6-5-7-17(18)12-21-19(23)16-9-10-20-15(3)11-16/h5-8,14-16,20H,9-13H2,1-4H3,(H,21,23)/t15-,16-/m0/s1. The van der Waals surface area contributed by atoms with Gasteiger partial charge in [0.2, 0.25) is 5.91 Å². The molecule has 2 N–H and O–H groups in total. The van der Waals surface area contributed by atoms with Crippen LogP contribution in [0.5, 0.6) is 0 Å². The Kier molecular flexibility index (Phi) is 6.60. The van der Waals surface area contributed by atoms with E-state index in [0.717, 1.165) is 25.9 Å². The van der Waals surface area contributed by atoms with Crippen LogP contribution in [0.15, 0.2) is 24.3 Å². The number of amides is 1. The molecule has 1 aromatic rings. The number of hydrogen-bond donors (Lipinski definition) is 2. The third kappa shape index (κ3) is 5.33. The molecule has 128 valence electrons. The zero-order chi connectivity index (χ0) is 16.8. The van der Waals surface area contributed by atoms with Crippen LogP contribution in [0.4, 0.5) is 0 Å². The zero-order valence-electron chi connectivity index (χ0n) is 14.9. The van der Waals surface area contributed by atoms with Crippen molar-refractivity contribution in [3.05, 3.63) is 35.4 Å². The molecule has 2 atom stereocenters. The highest BCUT2D eigenvalue weighted by molar-refractivity contribution is 5.78. The van der Waals surface area contributed by atoms with E-state index in [-0.39, 0.29) is 11.8 Å². The van der Waals surface area contributed by atoms with E-state index in [1.807, 2.05) is 6.07 Å². The topological polar surface area (TPSA) is 44.4 Å². The van der Waals surface area contributed by atoms with Gasteiger partial charge in [-0.05, 0) is 58.3 Å². The van der Waals surface area contributed by atoms with E-state index in [1.165, 1.54) is 11.1 Å².